The summed E-state index contributed by atoms with van der Waals surface area (Å²) in [6, 6.07) is 0. The SMILES string of the molecule is CCNC(=NCC(O)(CC)CC)N1CCC(C(=O)OC)CC1.I. The van der Waals surface area contributed by atoms with Gasteiger partial charge in [-0.05, 0) is 32.6 Å². The van der Waals surface area contributed by atoms with Crippen LogP contribution in [0.2, 0.25) is 0 Å². The van der Waals surface area contributed by atoms with Crippen LogP contribution in [0.25, 0.3) is 0 Å². The number of halogens is 1. The van der Waals surface area contributed by atoms with Crippen LogP contribution in [-0.2, 0) is 9.53 Å². The molecule has 0 amide bonds. The zero-order chi connectivity index (χ0) is 16.6. The van der Waals surface area contributed by atoms with Gasteiger partial charge in [0, 0.05) is 19.6 Å². The van der Waals surface area contributed by atoms with Crippen LogP contribution in [0, 0.1) is 5.92 Å². The Bertz CT molecular complexity index is 379. The molecular formula is C16H32IN3O3. The first-order chi connectivity index (χ1) is 10.5. The van der Waals surface area contributed by atoms with Gasteiger partial charge in [0.25, 0.3) is 0 Å². The van der Waals surface area contributed by atoms with Gasteiger partial charge in [0.15, 0.2) is 5.96 Å². The molecule has 0 bridgehead atoms. The molecule has 0 unspecified atom stereocenters. The molecule has 0 saturated carbocycles. The largest absolute Gasteiger partial charge is 0.469 e. The second kappa shape index (κ2) is 11.1. The number of carbonyl (C=O) groups excluding carboxylic acids is 1. The molecule has 1 aliphatic rings. The summed E-state index contributed by atoms with van der Waals surface area (Å²) in [5, 5.41) is 13.7. The van der Waals surface area contributed by atoms with Crippen LogP contribution >= 0.6 is 24.0 Å². The summed E-state index contributed by atoms with van der Waals surface area (Å²) in [6.45, 7) is 8.74. The number of guanidine groups is 1. The van der Waals surface area contributed by atoms with E-state index in [1.54, 1.807) is 0 Å². The number of nitrogens with zero attached hydrogens (tertiary/aromatic N) is 2. The number of nitrogens with one attached hydrogen (secondary N) is 1. The average molecular weight is 441 g/mol. The molecule has 1 aliphatic heterocycles. The molecule has 1 heterocycles. The molecule has 7 heteroatoms. The Morgan fingerprint density at radius 2 is 1.87 bits per heavy atom. The van der Waals surface area contributed by atoms with Crippen LogP contribution in [-0.4, -0.2) is 60.8 Å². The summed E-state index contributed by atoms with van der Waals surface area (Å²) >= 11 is 0. The predicted octanol–water partition coefficient (Wildman–Crippen LogP) is 2.01. The monoisotopic (exact) mass is 441 g/mol. The van der Waals surface area contributed by atoms with E-state index in [4.69, 9.17) is 4.74 Å². The van der Waals surface area contributed by atoms with E-state index in [1.807, 2.05) is 20.8 Å². The van der Waals surface area contributed by atoms with Crippen molar-refractivity contribution in [2.24, 2.45) is 10.9 Å². The van der Waals surface area contributed by atoms with Gasteiger partial charge in [0.2, 0.25) is 0 Å². The van der Waals surface area contributed by atoms with Crippen LogP contribution in [0.3, 0.4) is 0 Å². The van der Waals surface area contributed by atoms with Crippen molar-refractivity contribution in [2.75, 3.05) is 33.3 Å². The van der Waals surface area contributed by atoms with E-state index in [2.05, 4.69) is 15.2 Å². The van der Waals surface area contributed by atoms with Gasteiger partial charge in [-0.3, -0.25) is 9.79 Å². The second-order valence-corrected chi connectivity index (χ2v) is 5.89. The maximum absolute atomic E-state index is 11.6. The summed E-state index contributed by atoms with van der Waals surface area (Å²) in [4.78, 5) is 18.4. The zero-order valence-corrected chi connectivity index (χ0v) is 17.1. The highest BCUT2D eigenvalue weighted by Crippen LogP contribution is 2.19. The fraction of sp³-hybridized carbons (Fsp3) is 0.875. The molecule has 6 nitrogen and oxygen atoms in total. The fourth-order valence-electron chi connectivity index (χ4n) is 2.62. The van der Waals surface area contributed by atoms with E-state index in [0.29, 0.717) is 19.4 Å². The van der Waals surface area contributed by atoms with Gasteiger partial charge in [0.05, 0.1) is 25.2 Å². The van der Waals surface area contributed by atoms with E-state index < -0.39 is 5.60 Å². The molecule has 1 saturated heterocycles. The minimum atomic E-state index is -0.731. The molecule has 0 aromatic heterocycles. The quantitative estimate of drug-likeness (QED) is 0.286. The molecular weight excluding hydrogens is 409 g/mol. The number of rotatable bonds is 6. The number of methoxy groups -OCH3 is 1. The molecule has 1 fully saturated rings. The molecule has 0 aromatic carbocycles. The number of likely N-dealkylation sites (tertiary alicyclic amines) is 1. The highest BCUT2D eigenvalue weighted by atomic mass is 127. The normalized spacial score (nSPS) is 16.7. The Kier molecular flexibility index (Phi) is 10.8. The summed E-state index contributed by atoms with van der Waals surface area (Å²) in [6.07, 6.45) is 2.94. The van der Waals surface area contributed by atoms with Gasteiger partial charge in [-0.15, -0.1) is 24.0 Å². The first-order valence-corrected chi connectivity index (χ1v) is 8.33. The third kappa shape index (κ3) is 6.82. The van der Waals surface area contributed by atoms with E-state index >= 15 is 0 Å². The fourth-order valence-corrected chi connectivity index (χ4v) is 2.62. The first-order valence-electron chi connectivity index (χ1n) is 8.33. The predicted molar refractivity (Wildman–Crippen MR) is 103 cm³/mol. The summed E-state index contributed by atoms with van der Waals surface area (Å²) in [7, 11) is 1.44. The maximum Gasteiger partial charge on any atom is 0.308 e. The highest BCUT2D eigenvalue weighted by Gasteiger charge is 2.28. The lowest BCUT2D eigenvalue weighted by Crippen LogP contribution is -2.47. The molecule has 0 spiro atoms. The Morgan fingerprint density at radius 1 is 1.30 bits per heavy atom. The number of ether oxygens (including phenoxy) is 1. The van der Waals surface area contributed by atoms with Crippen molar-refractivity contribution in [2.45, 2.75) is 52.1 Å². The molecule has 136 valence electrons. The van der Waals surface area contributed by atoms with Crippen molar-refractivity contribution in [1.29, 1.82) is 0 Å². The standard InChI is InChI=1S/C16H31N3O3.HI/c1-5-16(21,6-2)12-18-15(17-7-3)19-10-8-13(9-11-19)14(20)22-4;/h13,21H,5-12H2,1-4H3,(H,17,18);1H. The van der Waals surface area contributed by atoms with Crippen LogP contribution in [0.4, 0.5) is 0 Å². The Balaban J connectivity index is 0.00000484. The minimum absolute atomic E-state index is 0. The van der Waals surface area contributed by atoms with Crippen molar-refractivity contribution in [3.63, 3.8) is 0 Å². The maximum atomic E-state index is 11.6. The van der Waals surface area contributed by atoms with Crippen LogP contribution in [0.5, 0.6) is 0 Å². The van der Waals surface area contributed by atoms with Crippen LogP contribution < -0.4 is 5.32 Å². The van der Waals surface area contributed by atoms with Gasteiger partial charge in [-0.2, -0.15) is 0 Å². The number of hydrogen-bond acceptors (Lipinski definition) is 4. The lowest BCUT2D eigenvalue weighted by molar-refractivity contribution is -0.146. The number of piperidine rings is 1. The molecule has 0 aromatic rings. The number of esters is 1. The van der Waals surface area contributed by atoms with Crippen molar-refractivity contribution >= 4 is 35.9 Å². The molecule has 0 radical (unpaired) electrons. The van der Waals surface area contributed by atoms with Crippen molar-refractivity contribution in [3.05, 3.63) is 0 Å². The summed E-state index contributed by atoms with van der Waals surface area (Å²) in [5.41, 5.74) is -0.731. The molecule has 2 N–H and O–H groups in total. The summed E-state index contributed by atoms with van der Waals surface area (Å²) < 4.78 is 4.82. The summed E-state index contributed by atoms with van der Waals surface area (Å²) in [5.74, 6) is 0.700. The average Bonchev–Trinajstić information content (AvgIpc) is 2.57. The van der Waals surface area contributed by atoms with E-state index in [-0.39, 0.29) is 35.9 Å². The lowest BCUT2D eigenvalue weighted by Gasteiger charge is -2.34. The highest BCUT2D eigenvalue weighted by molar-refractivity contribution is 14.0. The third-order valence-corrected chi connectivity index (χ3v) is 4.50. The van der Waals surface area contributed by atoms with Gasteiger partial charge in [0.1, 0.15) is 0 Å². The van der Waals surface area contributed by atoms with Gasteiger partial charge >= 0.3 is 5.97 Å². The number of aliphatic hydroxyl groups is 1. The van der Waals surface area contributed by atoms with E-state index in [9.17, 15) is 9.90 Å². The zero-order valence-electron chi connectivity index (χ0n) is 14.8. The topological polar surface area (TPSA) is 74.2 Å². The van der Waals surface area contributed by atoms with Gasteiger partial charge in [-0.1, -0.05) is 13.8 Å². The number of carbonyl (C=O) groups is 1. The molecule has 0 atom stereocenters. The smallest absolute Gasteiger partial charge is 0.308 e. The van der Waals surface area contributed by atoms with Gasteiger partial charge < -0.3 is 20.1 Å². The Morgan fingerprint density at radius 3 is 2.30 bits per heavy atom. The minimum Gasteiger partial charge on any atom is -0.469 e. The van der Waals surface area contributed by atoms with Crippen molar-refractivity contribution in [1.82, 2.24) is 10.2 Å². The van der Waals surface area contributed by atoms with Crippen LogP contribution in [0.1, 0.15) is 46.5 Å². The van der Waals surface area contributed by atoms with E-state index in [0.717, 1.165) is 38.4 Å². The molecule has 23 heavy (non-hydrogen) atoms. The number of hydrogen-bond donors (Lipinski definition) is 2. The van der Waals surface area contributed by atoms with Crippen molar-refractivity contribution < 1.29 is 14.6 Å². The van der Waals surface area contributed by atoms with E-state index in [1.165, 1.54) is 7.11 Å². The molecule has 1 rings (SSSR count). The van der Waals surface area contributed by atoms with Crippen molar-refractivity contribution in [3.8, 4) is 0 Å². The Labute approximate surface area is 157 Å². The lowest BCUT2D eigenvalue weighted by atomic mass is 9.97. The van der Waals surface area contributed by atoms with Crippen LogP contribution in [0.15, 0.2) is 4.99 Å². The second-order valence-electron chi connectivity index (χ2n) is 5.89. The number of aliphatic imine (C=N–C) groups is 1. The molecule has 0 aliphatic carbocycles. The third-order valence-electron chi connectivity index (χ3n) is 4.50. The first kappa shape index (κ1) is 22.4. The van der Waals surface area contributed by atoms with Gasteiger partial charge in [-0.25, -0.2) is 0 Å². The Hall–Kier alpha value is -0.570.